The van der Waals surface area contributed by atoms with Gasteiger partial charge < -0.3 is 10.2 Å². The van der Waals surface area contributed by atoms with Crippen LogP contribution in [-0.4, -0.2) is 17.8 Å². The maximum Gasteiger partial charge on any atom is 0.422 e. The van der Waals surface area contributed by atoms with Crippen LogP contribution in [0.5, 0.6) is 5.75 Å². The number of benzene rings is 1. The van der Waals surface area contributed by atoms with Gasteiger partial charge in [-0.15, -0.1) is 0 Å². The molecule has 4 nitrogen and oxygen atoms in total. The third kappa shape index (κ3) is 3.36. The van der Waals surface area contributed by atoms with E-state index in [-0.39, 0.29) is 5.75 Å². The molecule has 0 unspecified atom stereocenters. The Morgan fingerprint density at radius 2 is 2.05 bits per heavy atom. The Kier molecular flexibility index (Phi) is 4.22. The number of nitrogens with two attached hydrogens (primary N) is 1. The molecule has 0 aliphatic rings. The number of nitrogen functional groups attached to an aromatic ring is 1. The molecule has 0 saturated heterocycles. The molecule has 1 heterocycles. The van der Waals surface area contributed by atoms with E-state index in [1.54, 1.807) is 6.07 Å². The predicted octanol–water partition coefficient (Wildman–Crippen LogP) is 3.33. The number of aryl methyl sites for hydroxylation is 1. The zero-order valence-electron chi connectivity index (χ0n) is 11.7. The van der Waals surface area contributed by atoms with Crippen molar-refractivity contribution in [3.8, 4) is 5.75 Å². The molecule has 0 aliphatic carbocycles. The first-order valence-corrected chi connectivity index (χ1v) is 6.45. The Bertz CT molecular complexity index is 656. The highest BCUT2D eigenvalue weighted by molar-refractivity contribution is 5.94. The minimum absolute atomic E-state index is 0.129. The van der Waals surface area contributed by atoms with Gasteiger partial charge in [0, 0.05) is 11.1 Å². The van der Waals surface area contributed by atoms with Crippen molar-refractivity contribution in [3.63, 3.8) is 0 Å². The number of fused-ring (bicyclic) bond motifs is 1. The summed E-state index contributed by atoms with van der Waals surface area (Å²) in [6.07, 6.45) is -3.66. The average molecular weight is 299 g/mol. The molecule has 0 aliphatic heterocycles. The van der Waals surface area contributed by atoms with Crippen molar-refractivity contribution in [3.05, 3.63) is 29.5 Å². The third-order valence-electron chi connectivity index (χ3n) is 3.16. The minimum atomic E-state index is -4.37. The van der Waals surface area contributed by atoms with E-state index in [4.69, 9.17) is 10.6 Å². The van der Waals surface area contributed by atoms with Gasteiger partial charge in [0.2, 0.25) is 0 Å². The van der Waals surface area contributed by atoms with Crippen LogP contribution in [0.1, 0.15) is 18.2 Å². The molecule has 0 atom stereocenters. The van der Waals surface area contributed by atoms with Gasteiger partial charge in [-0.2, -0.15) is 13.2 Å². The highest BCUT2D eigenvalue weighted by Gasteiger charge is 2.28. The molecule has 1 aromatic carbocycles. The summed E-state index contributed by atoms with van der Waals surface area (Å²) >= 11 is 0. The molecule has 0 saturated carbocycles. The monoisotopic (exact) mass is 299 g/mol. The molecule has 0 amide bonds. The second-order valence-electron chi connectivity index (χ2n) is 4.63. The number of alkyl halides is 3. The van der Waals surface area contributed by atoms with Gasteiger partial charge in [0.15, 0.2) is 6.61 Å². The van der Waals surface area contributed by atoms with Crippen molar-refractivity contribution >= 4 is 16.6 Å². The predicted molar refractivity (Wildman–Crippen MR) is 75.2 cm³/mol. The van der Waals surface area contributed by atoms with Crippen LogP contribution in [-0.2, 0) is 6.42 Å². The molecule has 3 N–H and O–H groups in total. The lowest BCUT2D eigenvalue weighted by Crippen LogP contribution is -2.19. The number of hydrogen-bond donors (Lipinski definition) is 2. The first kappa shape index (κ1) is 15.4. The Balaban J connectivity index is 2.48. The van der Waals surface area contributed by atoms with E-state index in [9.17, 15) is 13.2 Å². The average Bonchev–Trinajstić information content (AvgIpc) is 2.42. The second-order valence-corrected chi connectivity index (χ2v) is 4.63. The van der Waals surface area contributed by atoms with Gasteiger partial charge >= 0.3 is 6.18 Å². The van der Waals surface area contributed by atoms with E-state index in [0.717, 1.165) is 11.3 Å². The lowest BCUT2D eigenvalue weighted by molar-refractivity contribution is -0.153. The van der Waals surface area contributed by atoms with Gasteiger partial charge in [-0.3, -0.25) is 10.8 Å². The summed E-state index contributed by atoms with van der Waals surface area (Å²) in [5, 5.41) is 0.639. The van der Waals surface area contributed by atoms with Crippen molar-refractivity contribution < 1.29 is 17.9 Å². The number of nitrogens with zero attached hydrogens (tertiary/aromatic N) is 1. The SMILES string of the molecule is CCc1c(C)nc2ccc(OCC(F)(F)F)cc2c1NN. The van der Waals surface area contributed by atoms with Crippen LogP contribution in [0.4, 0.5) is 18.9 Å². The number of rotatable bonds is 4. The Morgan fingerprint density at radius 1 is 1.33 bits per heavy atom. The zero-order valence-corrected chi connectivity index (χ0v) is 11.7. The van der Waals surface area contributed by atoms with Crippen LogP contribution in [0, 0.1) is 6.92 Å². The number of aromatic nitrogens is 1. The van der Waals surface area contributed by atoms with Crippen LogP contribution in [0.25, 0.3) is 10.9 Å². The normalized spacial score (nSPS) is 11.7. The van der Waals surface area contributed by atoms with Crippen molar-refractivity contribution in [1.29, 1.82) is 0 Å². The van der Waals surface area contributed by atoms with Gasteiger partial charge in [0.25, 0.3) is 0 Å². The fraction of sp³-hybridized carbons (Fsp3) is 0.357. The van der Waals surface area contributed by atoms with Crippen LogP contribution in [0.15, 0.2) is 18.2 Å². The van der Waals surface area contributed by atoms with Crippen molar-refractivity contribution in [2.24, 2.45) is 5.84 Å². The summed E-state index contributed by atoms with van der Waals surface area (Å²) < 4.78 is 41.4. The molecule has 0 spiro atoms. The van der Waals surface area contributed by atoms with Crippen LogP contribution in [0.2, 0.25) is 0 Å². The van der Waals surface area contributed by atoms with E-state index in [2.05, 4.69) is 10.4 Å². The van der Waals surface area contributed by atoms with Crippen molar-refractivity contribution in [1.82, 2.24) is 4.98 Å². The number of hydrazine groups is 1. The fourth-order valence-electron chi connectivity index (χ4n) is 2.26. The number of ether oxygens (including phenoxy) is 1. The highest BCUT2D eigenvalue weighted by Crippen LogP contribution is 2.31. The quantitative estimate of drug-likeness (QED) is 0.671. The smallest absolute Gasteiger partial charge is 0.422 e. The van der Waals surface area contributed by atoms with Crippen LogP contribution in [0.3, 0.4) is 0 Å². The molecule has 0 fully saturated rings. The number of pyridine rings is 1. The lowest BCUT2D eigenvalue weighted by Gasteiger charge is -2.15. The van der Waals surface area contributed by atoms with Crippen molar-refractivity contribution in [2.45, 2.75) is 26.4 Å². The summed E-state index contributed by atoms with van der Waals surface area (Å²) in [7, 11) is 0. The summed E-state index contributed by atoms with van der Waals surface area (Å²) in [6, 6.07) is 4.60. The highest BCUT2D eigenvalue weighted by atomic mass is 19.4. The van der Waals surface area contributed by atoms with Crippen molar-refractivity contribution in [2.75, 3.05) is 12.0 Å². The standard InChI is InChI=1S/C14H16F3N3O/c1-3-10-8(2)19-12-5-4-9(21-7-14(15,16)17)6-11(12)13(10)20-18/h4-6H,3,7,18H2,1-2H3,(H,19,20). The third-order valence-corrected chi connectivity index (χ3v) is 3.16. The first-order chi connectivity index (χ1) is 9.85. The van der Waals surface area contributed by atoms with Gasteiger partial charge in [-0.25, -0.2) is 0 Å². The topological polar surface area (TPSA) is 60.2 Å². The molecule has 114 valence electrons. The Labute approximate surface area is 120 Å². The Hall–Kier alpha value is -2.02. The first-order valence-electron chi connectivity index (χ1n) is 6.45. The second kappa shape index (κ2) is 5.77. The summed E-state index contributed by atoms with van der Waals surface area (Å²) in [5.74, 6) is 5.68. The maximum atomic E-state index is 12.2. The Morgan fingerprint density at radius 3 is 2.62 bits per heavy atom. The molecule has 21 heavy (non-hydrogen) atoms. The van der Waals surface area contributed by atoms with Crippen LogP contribution < -0.4 is 16.0 Å². The molecule has 7 heteroatoms. The van der Waals surface area contributed by atoms with Gasteiger partial charge in [-0.05, 0) is 37.1 Å². The number of hydrogen-bond acceptors (Lipinski definition) is 4. The lowest BCUT2D eigenvalue weighted by atomic mass is 10.0. The van der Waals surface area contributed by atoms with E-state index < -0.39 is 12.8 Å². The largest absolute Gasteiger partial charge is 0.484 e. The summed E-state index contributed by atoms with van der Waals surface area (Å²) in [5.41, 5.74) is 5.69. The summed E-state index contributed by atoms with van der Waals surface area (Å²) in [6.45, 7) is 2.50. The van der Waals surface area contributed by atoms with Gasteiger partial charge in [0.05, 0.1) is 11.2 Å². The fourth-order valence-corrected chi connectivity index (χ4v) is 2.26. The molecule has 1 aromatic heterocycles. The zero-order chi connectivity index (χ0) is 15.6. The summed E-state index contributed by atoms with van der Waals surface area (Å²) in [4.78, 5) is 4.43. The molecule has 2 aromatic rings. The van der Waals surface area contributed by atoms with E-state index in [1.165, 1.54) is 12.1 Å². The minimum Gasteiger partial charge on any atom is -0.484 e. The molecule has 0 bridgehead atoms. The number of anilines is 1. The molecule has 2 rings (SSSR count). The number of nitrogens with one attached hydrogen (secondary N) is 1. The van der Waals surface area contributed by atoms with E-state index in [1.807, 2.05) is 13.8 Å². The van der Waals surface area contributed by atoms with Crippen LogP contribution >= 0.6 is 0 Å². The van der Waals surface area contributed by atoms with Gasteiger partial charge in [0.1, 0.15) is 5.75 Å². The van der Waals surface area contributed by atoms with Gasteiger partial charge in [-0.1, -0.05) is 6.92 Å². The molecule has 0 radical (unpaired) electrons. The maximum absolute atomic E-state index is 12.2. The van der Waals surface area contributed by atoms with E-state index in [0.29, 0.717) is 23.0 Å². The van der Waals surface area contributed by atoms with E-state index >= 15 is 0 Å². The molecular formula is C14H16F3N3O. The number of halogens is 3. The molecular weight excluding hydrogens is 283 g/mol.